The second kappa shape index (κ2) is 9.78. The lowest BCUT2D eigenvalue weighted by molar-refractivity contribution is -0.129. The molecule has 160 valence electrons. The summed E-state index contributed by atoms with van der Waals surface area (Å²) < 4.78 is 0. The number of hydrogen-bond donors (Lipinski definition) is 1. The Labute approximate surface area is 186 Å². The van der Waals surface area contributed by atoms with Crippen molar-refractivity contribution in [1.82, 2.24) is 25.1 Å². The summed E-state index contributed by atoms with van der Waals surface area (Å²) >= 11 is 1.52. The molecule has 1 N–H and O–H groups in total. The third-order valence-corrected chi connectivity index (χ3v) is 6.16. The Hall–Kier alpha value is -3.13. The fourth-order valence-corrected chi connectivity index (χ4v) is 4.34. The predicted molar refractivity (Wildman–Crippen MR) is 123 cm³/mol. The van der Waals surface area contributed by atoms with Crippen LogP contribution in [-0.4, -0.2) is 37.5 Å². The van der Waals surface area contributed by atoms with E-state index in [4.69, 9.17) is 4.98 Å². The first-order valence-electron chi connectivity index (χ1n) is 10.6. The van der Waals surface area contributed by atoms with Gasteiger partial charge < -0.3 is 10.2 Å². The van der Waals surface area contributed by atoms with Gasteiger partial charge in [-0.05, 0) is 44.2 Å². The van der Waals surface area contributed by atoms with Crippen LogP contribution in [0.25, 0.3) is 6.08 Å². The number of hydrogen-bond acceptors (Lipinski definition) is 7. The van der Waals surface area contributed by atoms with Crippen molar-refractivity contribution < 1.29 is 4.79 Å². The smallest absolute Gasteiger partial charge is 0.247 e. The molecule has 1 aliphatic rings. The van der Waals surface area contributed by atoms with Crippen LogP contribution in [0, 0.1) is 6.92 Å². The summed E-state index contributed by atoms with van der Waals surface area (Å²) in [5.41, 5.74) is 1.86. The van der Waals surface area contributed by atoms with E-state index < -0.39 is 0 Å². The highest BCUT2D eigenvalue weighted by atomic mass is 32.1. The first kappa shape index (κ1) is 21.1. The molecule has 1 aromatic carbocycles. The van der Waals surface area contributed by atoms with Gasteiger partial charge in [-0.3, -0.25) is 4.79 Å². The molecular formula is C23H26N6OS. The van der Waals surface area contributed by atoms with E-state index in [9.17, 15) is 4.79 Å². The van der Waals surface area contributed by atoms with E-state index >= 15 is 0 Å². The van der Waals surface area contributed by atoms with Crippen LogP contribution >= 0.6 is 11.3 Å². The maximum atomic E-state index is 13.0. The number of benzene rings is 1. The van der Waals surface area contributed by atoms with Gasteiger partial charge in [0.05, 0.1) is 6.04 Å². The quantitative estimate of drug-likeness (QED) is 0.566. The molecule has 1 saturated heterocycles. The van der Waals surface area contributed by atoms with Gasteiger partial charge in [0.1, 0.15) is 10.8 Å². The standard InChI is InChI=1S/C23H26N6OS/c1-3-20-27-28-23(31-20)26-19-15-16(2)24-22(25-19)18-11-7-8-14-29(18)21(30)13-12-17-9-5-4-6-10-17/h4-6,9-10,12-13,15,18H,3,7-8,11,14H2,1-2H3,(H,24,25,26,28)/b13-12+/t18-/m0/s1. The topological polar surface area (TPSA) is 83.9 Å². The van der Waals surface area contributed by atoms with Gasteiger partial charge in [-0.2, -0.15) is 0 Å². The van der Waals surface area contributed by atoms with Gasteiger partial charge in [-0.15, -0.1) is 10.2 Å². The summed E-state index contributed by atoms with van der Waals surface area (Å²) in [4.78, 5) is 24.3. The molecule has 1 aliphatic heterocycles. The van der Waals surface area contributed by atoms with Crippen molar-refractivity contribution in [3.63, 3.8) is 0 Å². The van der Waals surface area contributed by atoms with Crippen LogP contribution in [0.2, 0.25) is 0 Å². The van der Waals surface area contributed by atoms with E-state index in [2.05, 4.69) is 27.4 Å². The van der Waals surface area contributed by atoms with Crippen molar-refractivity contribution in [2.45, 2.75) is 45.6 Å². The molecule has 7 nitrogen and oxygen atoms in total. The molecule has 4 rings (SSSR count). The summed E-state index contributed by atoms with van der Waals surface area (Å²) in [6.07, 6.45) is 7.25. The van der Waals surface area contributed by atoms with Crippen molar-refractivity contribution in [3.8, 4) is 0 Å². The van der Waals surface area contributed by atoms with E-state index in [1.54, 1.807) is 6.08 Å². The molecule has 1 fully saturated rings. The number of anilines is 2. The lowest BCUT2D eigenvalue weighted by Crippen LogP contribution is -2.38. The minimum Gasteiger partial charge on any atom is -0.329 e. The van der Waals surface area contributed by atoms with Crippen LogP contribution in [-0.2, 0) is 11.2 Å². The first-order chi connectivity index (χ1) is 15.1. The Kier molecular flexibility index (Phi) is 6.66. The molecule has 0 spiro atoms. The molecule has 0 saturated carbocycles. The molecule has 3 aromatic rings. The van der Waals surface area contributed by atoms with Crippen molar-refractivity contribution in [2.24, 2.45) is 0 Å². The third-order valence-electron chi connectivity index (χ3n) is 5.18. The lowest BCUT2D eigenvalue weighted by Gasteiger charge is -2.34. The molecular weight excluding hydrogens is 408 g/mol. The van der Waals surface area contributed by atoms with Crippen LogP contribution < -0.4 is 5.32 Å². The zero-order valence-electron chi connectivity index (χ0n) is 17.8. The Morgan fingerprint density at radius 2 is 2.06 bits per heavy atom. The van der Waals surface area contributed by atoms with E-state index in [1.165, 1.54) is 11.3 Å². The second-order valence-electron chi connectivity index (χ2n) is 7.52. The highest BCUT2D eigenvalue weighted by Gasteiger charge is 2.29. The van der Waals surface area contributed by atoms with Gasteiger partial charge in [0.25, 0.3) is 0 Å². The number of nitrogens with one attached hydrogen (secondary N) is 1. The van der Waals surface area contributed by atoms with Crippen molar-refractivity contribution in [1.29, 1.82) is 0 Å². The highest BCUT2D eigenvalue weighted by Crippen LogP contribution is 2.30. The molecule has 31 heavy (non-hydrogen) atoms. The largest absolute Gasteiger partial charge is 0.329 e. The molecule has 0 unspecified atom stereocenters. The van der Waals surface area contributed by atoms with Crippen LogP contribution in [0.4, 0.5) is 10.9 Å². The lowest BCUT2D eigenvalue weighted by atomic mass is 10.0. The van der Waals surface area contributed by atoms with Gasteiger partial charge in [-0.1, -0.05) is 48.6 Å². The van der Waals surface area contributed by atoms with Gasteiger partial charge in [0, 0.05) is 24.4 Å². The number of likely N-dealkylation sites (tertiary alicyclic amines) is 1. The maximum absolute atomic E-state index is 13.0. The van der Waals surface area contributed by atoms with Crippen molar-refractivity contribution >= 4 is 34.3 Å². The molecule has 2 aromatic heterocycles. The third kappa shape index (κ3) is 5.32. The zero-order chi connectivity index (χ0) is 21.6. The van der Waals surface area contributed by atoms with Gasteiger partial charge in [0.2, 0.25) is 11.0 Å². The molecule has 0 bridgehead atoms. The Balaban J connectivity index is 1.55. The summed E-state index contributed by atoms with van der Waals surface area (Å²) in [5.74, 6) is 1.34. The molecule has 0 aliphatic carbocycles. The number of amides is 1. The van der Waals surface area contributed by atoms with Gasteiger partial charge in [-0.25, -0.2) is 9.97 Å². The average molecular weight is 435 g/mol. The van der Waals surface area contributed by atoms with Crippen LogP contribution in [0.5, 0.6) is 0 Å². The minimum absolute atomic E-state index is 0.00937. The molecule has 1 atom stereocenters. The van der Waals surface area contributed by atoms with Crippen LogP contribution in [0.1, 0.15) is 54.3 Å². The average Bonchev–Trinajstić information content (AvgIpc) is 3.25. The van der Waals surface area contributed by atoms with Crippen LogP contribution in [0.15, 0.2) is 42.5 Å². The Morgan fingerprint density at radius 1 is 1.23 bits per heavy atom. The summed E-state index contributed by atoms with van der Waals surface area (Å²) in [7, 11) is 0. The van der Waals surface area contributed by atoms with E-state index in [0.717, 1.165) is 41.9 Å². The van der Waals surface area contributed by atoms with E-state index in [0.29, 0.717) is 23.3 Å². The van der Waals surface area contributed by atoms with Crippen molar-refractivity contribution in [2.75, 3.05) is 11.9 Å². The molecule has 1 amide bonds. The monoisotopic (exact) mass is 434 g/mol. The van der Waals surface area contributed by atoms with Gasteiger partial charge in [0.15, 0.2) is 5.82 Å². The summed E-state index contributed by atoms with van der Waals surface area (Å²) in [5, 5.41) is 13.3. The molecule has 8 heteroatoms. The predicted octanol–water partition coefficient (Wildman–Crippen LogP) is 4.71. The number of rotatable bonds is 6. The van der Waals surface area contributed by atoms with Crippen LogP contribution in [0.3, 0.4) is 0 Å². The fourth-order valence-electron chi connectivity index (χ4n) is 3.65. The normalized spacial score (nSPS) is 16.6. The number of piperidine rings is 1. The van der Waals surface area contributed by atoms with Gasteiger partial charge >= 0.3 is 0 Å². The SMILES string of the molecule is CCc1nnc(Nc2cc(C)nc([C@@H]3CCCCN3C(=O)/C=C/c3ccccc3)n2)s1. The molecule has 0 radical (unpaired) electrons. The first-order valence-corrected chi connectivity index (χ1v) is 11.4. The van der Waals surface area contributed by atoms with E-state index in [1.807, 2.05) is 54.3 Å². The number of carbonyl (C=O) groups is 1. The number of aryl methyl sites for hydroxylation is 2. The van der Waals surface area contributed by atoms with Crippen molar-refractivity contribution in [3.05, 3.63) is 64.6 Å². The summed E-state index contributed by atoms with van der Waals surface area (Å²) in [6.45, 7) is 4.70. The maximum Gasteiger partial charge on any atom is 0.247 e. The fraction of sp³-hybridized carbons (Fsp3) is 0.348. The minimum atomic E-state index is -0.136. The number of carbonyl (C=O) groups excluding carboxylic acids is 1. The summed E-state index contributed by atoms with van der Waals surface area (Å²) in [6, 6.07) is 11.6. The Bertz CT molecular complexity index is 1060. The molecule has 3 heterocycles. The number of aromatic nitrogens is 4. The second-order valence-corrected chi connectivity index (χ2v) is 8.58. The zero-order valence-corrected chi connectivity index (χ0v) is 18.6. The number of nitrogens with zero attached hydrogens (tertiary/aromatic N) is 5. The highest BCUT2D eigenvalue weighted by molar-refractivity contribution is 7.15. The Morgan fingerprint density at radius 3 is 2.84 bits per heavy atom. The van der Waals surface area contributed by atoms with E-state index in [-0.39, 0.29) is 11.9 Å².